The SMILES string of the molecule is CC(C)c1cc(F)cc(C(C)C)c1NC(=O)NS(=O)(=O)c1cc(C(=O)N2CCC2)n(C(C)C)n1. The molecule has 3 amide bonds. The number of urea groups is 1. The lowest BCUT2D eigenvalue weighted by molar-refractivity contribution is 0.0636. The number of likely N-dealkylation sites (tertiary alicyclic amines) is 1. The van der Waals surface area contributed by atoms with Crippen molar-refractivity contribution in [3.05, 3.63) is 40.8 Å². The van der Waals surface area contributed by atoms with E-state index in [1.165, 1.54) is 22.9 Å². The second-order valence-electron chi connectivity index (χ2n) is 9.38. The van der Waals surface area contributed by atoms with Crippen molar-refractivity contribution in [3.63, 3.8) is 0 Å². The summed E-state index contributed by atoms with van der Waals surface area (Å²) in [6.07, 6.45) is 0.897. The molecule has 3 rings (SSSR count). The van der Waals surface area contributed by atoms with Gasteiger partial charge in [-0.1, -0.05) is 27.7 Å². The van der Waals surface area contributed by atoms with Crippen molar-refractivity contribution in [2.24, 2.45) is 0 Å². The molecule has 0 aliphatic carbocycles. The lowest BCUT2D eigenvalue weighted by Gasteiger charge is -2.31. The van der Waals surface area contributed by atoms with Gasteiger partial charge in [-0.15, -0.1) is 0 Å². The lowest BCUT2D eigenvalue weighted by Crippen LogP contribution is -2.43. The van der Waals surface area contributed by atoms with Crippen LogP contribution < -0.4 is 10.0 Å². The molecule has 0 saturated carbocycles. The minimum Gasteiger partial charge on any atom is -0.337 e. The predicted molar refractivity (Wildman–Crippen MR) is 127 cm³/mol. The number of rotatable bonds is 7. The Morgan fingerprint density at radius 3 is 2.00 bits per heavy atom. The highest BCUT2D eigenvalue weighted by atomic mass is 32.2. The summed E-state index contributed by atoms with van der Waals surface area (Å²) < 4.78 is 43.4. The summed E-state index contributed by atoms with van der Waals surface area (Å²) in [5.41, 5.74) is 1.64. The van der Waals surface area contributed by atoms with Crippen molar-refractivity contribution in [2.45, 2.75) is 70.9 Å². The first-order chi connectivity index (χ1) is 15.8. The van der Waals surface area contributed by atoms with E-state index in [0.717, 1.165) is 6.42 Å². The van der Waals surface area contributed by atoms with E-state index in [1.807, 2.05) is 32.4 Å². The molecular weight excluding hydrogens is 461 g/mol. The number of halogens is 1. The normalized spacial score (nSPS) is 14.0. The molecule has 0 bridgehead atoms. The number of amides is 3. The van der Waals surface area contributed by atoms with Crippen LogP contribution in [-0.2, 0) is 10.0 Å². The van der Waals surface area contributed by atoms with Gasteiger partial charge in [0.05, 0.1) is 0 Å². The van der Waals surface area contributed by atoms with E-state index < -0.39 is 26.9 Å². The molecule has 1 aliphatic heterocycles. The van der Waals surface area contributed by atoms with Crippen molar-refractivity contribution in [1.29, 1.82) is 0 Å². The molecule has 34 heavy (non-hydrogen) atoms. The lowest BCUT2D eigenvalue weighted by atomic mass is 9.92. The molecule has 1 saturated heterocycles. The molecule has 1 aromatic carbocycles. The summed E-state index contributed by atoms with van der Waals surface area (Å²) in [6, 6.07) is 2.59. The number of nitrogens with zero attached hydrogens (tertiary/aromatic N) is 3. The summed E-state index contributed by atoms with van der Waals surface area (Å²) in [6.45, 7) is 12.2. The van der Waals surface area contributed by atoms with Gasteiger partial charge in [0.2, 0.25) is 0 Å². The van der Waals surface area contributed by atoms with Crippen LogP contribution in [0.1, 0.15) is 87.5 Å². The number of anilines is 1. The highest BCUT2D eigenvalue weighted by molar-refractivity contribution is 7.90. The molecule has 0 atom stereocenters. The van der Waals surface area contributed by atoms with Gasteiger partial charge in [0.1, 0.15) is 11.5 Å². The van der Waals surface area contributed by atoms with Gasteiger partial charge in [0.25, 0.3) is 15.9 Å². The molecule has 2 N–H and O–H groups in total. The van der Waals surface area contributed by atoms with Crippen LogP contribution in [0.3, 0.4) is 0 Å². The molecule has 0 radical (unpaired) electrons. The van der Waals surface area contributed by atoms with Gasteiger partial charge in [-0.05, 0) is 55.4 Å². The molecule has 1 aromatic heterocycles. The quantitative estimate of drug-likeness (QED) is 0.600. The molecule has 9 nitrogen and oxygen atoms in total. The third kappa shape index (κ3) is 5.24. The van der Waals surface area contributed by atoms with Crippen LogP contribution in [-0.4, -0.2) is 48.1 Å². The molecule has 2 heterocycles. The molecule has 0 spiro atoms. The number of aromatic nitrogens is 2. The Morgan fingerprint density at radius 2 is 1.56 bits per heavy atom. The smallest absolute Gasteiger partial charge is 0.333 e. The standard InChI is InChI=1S/C23H32FN5O4S/c1-13(2)17-10-16(24)11-18(14(3)4)21(17)25-23(31)27-34(32,33)20-12-19(29(26-20)15(5)6)22(30)28-8-7-9-28/h10-15H,7-9H2,1-6H3,(H2,25,27,31). The highest BCUT2D eigenvalue weighted by Crippen LogP contribution is 2.33. The maximum atomic E-state index is 14.1. The van der Waals surface area contributed by atoms with E-state index in [2.05, 4.69) is 10.4 Å². The average Bonchev–Trinajstić information content (AvgIpc) is 3.13. The Bertz CT molecular complexity index is 1170. The number of hydrogen-bond donors (Lipinski definition) is 2. The van der Waals surface area contributed by atoms with Gasteiger partial charge in [-0.25, -0.2) is 13.9 Å². The second-order valence-corrected chi connectivity index (χ2v) is 11.0. The van der Waals surface area contributed by atoms with Crippen molar-refractivity contribution in [2.75, 3.05) is 18.4 Å². The Labute approximate surface area is 199 Å². The first-order valence-corrected chi connectivity index (χ1v) is 12.9. The van der Waals surface area contributed by atoms with E-state index in [0.29, 0.717) is 29.9 Å². The van der Waals surface area contributed by atoms with Crippen LogP contribution in [0.5, 0.6) is 0 Å². The zero-order valence-corrected chi connectivity index (χ0v) is 21.2. The van der Waals surface area contributed by atoms with Gasteiger partial charge >= 0.3 is 6.03 Å². The minimum atomic E-state index is -4.38. The van der Waals surface area contributed by atoms with E-state index in [9.17, 15) is 22.4 Å². The Morgan fingerprint density at radius 1 is 1.00 bits per heavy atom. The van der Waals surface area contributed by atoms with E-state index in [1.54, 1.807) is 18.7 Å². The molecule has 1 fully saturated rings. The monoisotopic (exact) mass is 493 g/mol. The molecule has 11 heteroatoms. The molecule has 186 valence electrons. The number of sulfonamides is 1. The Balaban J connectivity index is 1.89. The number of carbonyl (C=O) groups is 2. The van der Waals surface area contributed by atoms with Crippen molar-refractivity contribution in [3.8, 4) is 0 Å². The van der Waals surface area contributed by atoms with Gasteiger partial charge in [0, 0.05) is 30.9 Å². The van der Waals surface area contributed by atoms with Gasteiger partial charge in [-0.3, -0.25) is 9.48 Å². The van der Waals surface area contributed by atoms with Crippen LogP contribution in [0.2, 0.25) is 0 Å². The zero-order valence-electron chi connectivity index (χ0n) is 20.3. The highest BCUT2D eigenvalue weighted by Gasteiger charge is 2.30. The maximum absolute atomic E-state index is 14.1. The fourth-order valence-corrected chi connectivity index (χ4v) is 4.62. The summed E-state index contributed by atoms with van der Waals surface area (Å²) >= 11 is 0. The second kappa shape index (κ2) is 9.73. The molecule has 1 aliphatic rings. The van der Waals surface area contributed by atoms with Gasteiger partial charge in [0.15, 0.2) is 5.03 Å². The van der Waals surface area contributed by atoms with E-state index >= 15 is 0 Å². The van der Waals surface area contributed by atoms with E-state index in [-0.39, 0.29) is 29.5 Å². The van der Waals surface area contributed by atoms with E-state index in [4.69, 9.17) is 0 Å². The summed E-state index contributed by atoms with van der Waals surface area (Å²) in [5.74, 6) is -0.953. The third-order valence-corrected chi connectivity index (χ3v) is 6.92. The number of carbonyl (C=O) groups excluding carboxylic acids is 2. The minimum absolute atomic E-state index is 0.114. The van der Waals surface area contributed by atoms with Crippen LogP contribution in [0, 0.1) is 5.82 Å². The molecule has 2 aromatic rings. The van der Waals surface area contributed by atoms with Crippen molar-refractivity contribution in [1.82, 2.24) is 19.4 Å². The Hall–Kier alpha value is -2.95. The zero-order chi connectivity index (χ0) is 25.4. The van der Waals surface area contributed by atoms with Crippen molar-refractivity contribution < 1.29 is 22.4 Å². The number of benzene rings is 1. The summed E-state index contributed by atoms with van der Waals surface area (Å²) in [7, 11) is -4.38. The third-order valence-electron chi connectivity index (χ3n) is 5.71. The van der Waals surface area contributed by atoms with Crippen molar-refractivity contribution >= 4 is 27.6 Å². The summed E-state index contributed by atoms with van der Waals surface area (Å²) in [4.78, 5) is 27.1. The first kappa shape index (κ1) is 25.7. The number of hydrogen-bond acceptors (Lipinski definition) is 5. The molecule has 0 unspecified atom stereocenters. The fraction of sp³-hybridized carbons (Fsp3) is 0.522. The summed E-state index contributed by atoms with van der Waals surface area (Å²) in [5, 5.41) is 6.26. The number of nitrogens with one attached hydrogen (secondary N) is 2. The van der Waals surface area contributed by atoms with Gasteiger partial charge in [-0.2, -0.15) is 13.5 Å². The van der Waals surface area contributed by atoms with Gasteiger partial charge < -0.3 is 10.2 Å². The molecular formula is C23H32FN5O4S. The van der Waals surface area contributed by atoms with Crippen LogP contribution >= 0.6 is 0 Å². The first-order valence-electron chi connectivity index (χ1n) is 11.4. The van der Waals surface area contributed by atoms with Crippen LogP contribution in [0.15, 0.2) is 23.2 Å². The average molecular weight is 494 g/mol. The topological polar surface area (TPSA) is 113 Å². The van der Waals surface area contributed by atoms with Crippen LogP contribution in [0.25, 0.3) is 0 Å². The predicted octanol–water partition coefficient (Wildman–Crippen LogP) is 4.21. The maximum Gasteiger partial charge on any atom is 0.333 e. The Kier molecular flexibility index (Phi) is 7.35. The largest absolute Gasteiger partial charge is 0.337 e. The van der Waals surface area contributed by atoms with Crippen LogP contribution in [0.4, 0.5) is 14.9 Å². The fourth-order valence-electron chi connectivity index (χ4n) is 3.76.